The van der Waals surface area contributed by atoms with Crippen molar-refractivity contribution in [2.45, 2.75) is 90.5 Å². The van der Waals surface area contributed by atoms with Crippen LogP contribution < -0.4 is 188 Å². The summed E-state index contributed by atoms with van der Waals surface area (Å²) >= 11 is 14.0. The van der Waals surface area contributed by atoms with E-state index in [4.69, 9.17) is 43.7 Å². The molecule has 28 heteroatoms. The van der Waals surface area contributed by atoms with Gasteiger partial charge in [0.05, 0.1) is 35.4 Å². The van der Waals surface area contributed by atoms with E-state index in [-0.39, 0.29) is 173 Å². The molecule has 5 N–H and O–H groups in total. The second kappa shape index (κ2) is 74.6. The number of benzene rings is 7. The van der Waals surface area contributed by atoms with E-state index in [0.717, 1.165) is 178 Å². The molecule has 11 rings (SSSR count). The standard InChI is InChI=1S/C34H46N4O2.C17H26N2O2.C17H20N2O.C10H14N2.C7H13BrO2.C6H7N.C4H9Cl2N.CH2O3.CH4.2K.Na.2H/c1-35(2)30-16-10-27(11-17-30)34(28-12-18-31(19-13-28)36(3)4)29-14-20-32(21-15-29)38-25-23-37(24-26-38)22-8-6-7-9-33(39)40-5;1-21-17(20)10-6-3-7-11-18-12-14-19(15-13-18)16-8-4-2-5-9-16;1-18(2)15-9-5-13(6-10-15)17(20)14-7-11-16(12-8-14)19(3)4;1-2-4-10(5-3-1)12-8-6-11-7-9-12;1-10-7(9)5-3-2-4-6-8;7-6-4-2-1-3-5-6;5-1-3-7-4-2-6;2-1-4-3;;;;;;/h10-21,30H,6-9,22-26H2,1-5H3;2,4-5,8-9H,3,6-7,10-15H2,1H3;5-12H,1-4H3;1-5,11H,6-9H2;2-6H2,1H3;1-5H,7H2;7H,1-4H2;1,3H;1H4;;;;;/q;;;;;;;;;3*+1;2*-1. The normalized spacial score (nSPS) is 13.5. The molecule has 7 aromatic carbocycles. The molecule has 0 spiro atoms. The average Bonchev–Trinajstić information content (AvgIpc) is 0.795. The Labute approximate surface area is 878 Å². The Morgan fingerprint density at radius 1 is 0.496 bits per heavy atom. The predicted octanol–water partition coefficient (Wildman–Crippen LogP) is 5.48. The average molecular weight is 1890 g/mol. The van der Waals surface area contributed by atoms with Crippen LogP contribution in [0.2, 0.25) is 0 Å². The summed E-state index contributed by atoms with van der Waals surface area (Å²) in [5.74, 6) is 1.09. The van der Waals surface area contributed by atoms with E-state index >= 15 is 0 Å². The molecule has 0 amide bonds. The summed E-state index contributed by atoms with van der Waals surface area (Å²) in [5, 5.41) is 15.8. The summed E-state index contributed by atoms with van der Waals surface area (Å²) in [5.41, 5.74) is 20.0. The second-order valence-electron chi connectivity index (χ2n) is 30.0. The molecule has 7 aromatic rings. The number of esters is 3. The number of ether oxygens (including phenoxy) is 3. The van der Waals surface area contributed by atoms with Gasteiger partial charge in [0.15, 0.2) is 5.78 Å². The van der Waals surface area contributed by atoms with Crippen molar-refractivity contribution in [1.82, 2.24) is 20.4 Å². The van der Waals surface area contributed by atoms with Crippen molar-refractivity contribution in [2.24, 2.45) is 0 Å². The van der Waals surface area contributed by atoms with Crippen molar-refractivity contribution >= 4 is 115 Å². The molecule has 3 saturated heterocycles. The van der Waals surface area contributed by atoms with Gasteiger partial charge in [0, 0.05) is 221 Å². The second-order valence-corrected chi connectivity index (χ2v) is 31.5. The minimum Gasteiger partial charge on any atom is -1.00 e. The van der Waals surface area contributed by atoms with Gasteiger partial charge in [-0.05, 0) is 195 Å². The van der Waals surface area contributed by atoms with Gasteiger partial charge in [-0.25, -0.2) is 0 Å². The number of ketones is 1. The minimum atomic E-state index is -0.181. The third-order valence-corrected chi connectivity index (χ3v) is 21.2. The summed E-state index contributed by atoms with van der Waals surface area (Å²) < 4.78 is 13.9. The smallest absolute Gasteiger partial charge is 1.00 e. The van der Waals surface area contributed by atoms with E-state index < -0.39 is 0 Å². The van der Waals surface area contributed by atoms with Gasteiger partial charge in [0.25, 0.3) is 6.47 Å². The number of anilines is 7. The molecule has 1 aliphatic carbocycles. The number of quaternary nitrogens is 1. The van der Waals surface area contributed by atoms with Crippen LogP contribution >= 0.6 is 39.1 Å². The van der Waals surface area contributed by atoms with Crippen molar-refractivity contribution in [2.75, 3.05) is 235 Å². The van der Waals surface area contributed by atoms with Crippen molar-refractivity contribution in [1.29, 1.82) is 0 Å². The Morgan fingerprint density at radius 3 is 1.12 bits per heavy atom. The Balaban J connectivity index is -0.00000151. The summed E-state index contributed by atoms with van der Waals surface area (Å²) in [4.78, 5) is 76.5. The van der Waals surface area contributed by atoms with Crippen LogP contribution in [-0.2, 0) is 38.3 Å². The number of halogens is 3. The summed E-state index contributed by atoms with van der Waals surface area (Å²) in [7, 11) is 20.8. The quantitative estimate of drug-likeness (QED) is 0.00382. The van der Waals surface area contributed by atoms with E-state index in [1.165, 1.54) is 77.7 Å². The molecule has 0 aromatic heterocycles. The van der Waals surface area contributed by atoms with Crippen LogP contribution in [0.3, 0.4) is 0 Å². The number of likely N-dealkylation sites (N-methyl/N-ethyl adjacent to an activating group) is 1. The number of carbonyl (C=O) groups excluding carboxylic acids is 5. The number of unbranched alkanes of at least 4 members (excludes halogenated alkanes) is 6. The molecule has 125 heavy (non-hydrogen) atoms. The summed E-state index contributed by atoms with van der Waals surface area (Å²) in [6, 6.07) is 64.5. The molecule has 0 saturated carbocycles. The molecule has 0 bridgehead atoms. The molecule has 0 unspecified atom stereocenters. The maximum absolute atomic E-state index is 12.4. The number of nitrogen functional groups attached to an aromatic ring is 1. The molecule has 3 fully saturated rings. The zero-order valence-corrected chi connectivity index (χ0v) is 88.0. The van der Waals surface area contributed by atoms with Crippen LogP contribution in [0.25, 0.3) is 5.57 Å². The number of piperazine rings is 3. The molecule has 0 atom stereocenters. The maximum atomic E-state index is 12.4. The number of hydrogen-bond donors (Lipinski definition) is 4. The van der Waals surface area contributed by atoms with Gasteiger partial charge < -0.3 is 77.9 Å². The fourth-order valence-electron chi connectivity index (χ4n) is 13.1. The summed E-state index contributed by atoms with van der Waals surface area (Å²) in [6.45, 7) is 17.0. The molecule has 3 aliphatic heterocycles. The topological polar surface area (TPSA) is 226 Å². The first-order valence-corrected chi connectivity index (χ1v) is 44.3. The van der Waals surface area contributed by atoms with Crippen LogP contribution in [0.1, 0.15) is 114 Å². The van der Waals surface area contributed by atoms with E-state index in [0.29, 0.717) is 48.2 Å². The number of methoxy groups -OCH3 is 3. The van der Waals surface area contributed by atoms with E-state index in [2.05, 4.69) is 232 Å². The monoisotopic (exact) mass is 1890 g/mol. The van der Waals surface area contributed by atoms with Crippen LogP contribution in [0.15, 0.2) is 218 Å². The number of para-hydroxylation sites is 3. The number of hydrogen-bond acceptors (Lipinski definition) is 21. The zero-order chi connectivity index (χ0) is 88.2. The number of rotatable bonds is 33. The molecule has 0 radical (unpaired) electrons. The minimum absolute atomic E-state index is 0. The van der Waals surface area contributed by atoms with Gasteiger partial charge in [-0.2, -0.15) is 0 Å². The number of allylic oxidation sites excluding steroid dienone is 3. The van der Waals surface area contributed by atoms with Gasteiger partial charge >= 0.3 is 150 Å². The Hall–Kier alpha value is -5.00. The first-order valence-electron chi connectivity index (χ1n) is 42.1. The Kier molecular flexibility index (Phi) is 71.7. The largest absolute Gasteiger partial charge is 1.00 e. The molecule has 22 nitrogen and oxygen atoms in total. The molecular formula is C97H143BrCl2K2N12NaO10+. The van der Waals surface area contributed by atoms with E-state index in [1.807, 2.05) is 117 Å². The number of alkyl halides is 3. The number of nitrogens with zero attached hydrogens (tertiary/aromatic N) is 8. The van der Waals surface area contributed by atoms with Crippen molar-refractivity contribution in [3.63, 3.8) is 0 Å². The number of nitrogens with one attached hydrogen (secondary N) is 3. The van der Waals surface area contributed by atoms with Crippen molar-refractivity contribution in [3.05, 3.63) is 240 Å². The van der Waals surface area contributed by atoms with Crippen LogP contribution in [0.4, 0.5) is 39.8 Å². The third-order valence-electron chi connectivity index (χ3n) is 20.3. The fourth-order valence-corrected chi connectivity index (χ4v) is 13.8. The fraction of sp³-hybridized carbons (Fsp3) is 0.454. The molecule has 674 valence electrons. The van der Waals surface area contributed by atoms with E-state index in [9.17, 15) is 19.2 Å². The zero-order valence-electron chi connectivity index (χ0n) is 78.7. The molecule has 3 heterocycles. The van der Waals surface area contributed by atoms with Gasteiger partial charge in [0.1, 0.15) is 6.04 Å². The van der Waals surface area contributed by atoms with Gasteiger partial charge in [0.2, 0.25) is 0 Å². The Morgan fingerprint density at radius 2 is 0.816 bits per heavy atom. The predicted molar refractivity (Wildman–Crippen MR) is 515 cm³/mol. The van der Waals surface area contributed by atoms with Crippen LogP contribution in [-0.4, -0.2) is 246 Å². The van der Waals surface area contributed by atoms with Crippen molar-refractivity contribution in [3.8, 4) is 0 Å². The maximum Gasteiger partial charge on any atom is 1.00 e. The van der Waals surface area contributed by atoms with Gasteiger partial charge in [-0.3, -0.25) is 33.8 Å². The van der Waals surface area contributed by atoms with Gasteiger partial charge in [-0.15, -0.1) is 23.2 Å². The first kappa shape index (κ1) is 120. The molecular weight excluding hydrogens is 1750 g/mol. The third kappa shape index (κ3) is 51.4. The van der Waals surface area contributed by atoms with Gasteiger partial charge in [-0.1, -0.05) is 134 Å². The first-order chi connectivity index (χ1) is 58.6. The van der Waals surface area contributed by atoms with Crippen molar-refractivity contribution < 1.29 is 188 Å². The van der Waals surface area contributed by atoms with E-state index in [1.54, 1.807) is 0 Å². The molecule has 4 aliphatic rings. The van der Waals surface area contributed by atoms with Crippen LogP contribution in [0, 0.1) is 0 Å². The van der Waals surface area contributed by atoms with Crippen LogP contribution in [0.5, 0.6) is 0 Å². The SMILES string of the molecule is C.CN(C)c1ccc(C(=O)c2ccc(N(C)C)cc2)cc1.COC(=O)CCCCCBr.COC(=O)CCCCCN1CCN(c2ccc(C(=C3C=CC([NH+](C)C)C=C3)c3ccc(N(C)C)cc3)cc2)CC1.COC(=O)CCCCCN1CCN(c2ccccc2)CC1.ClCCNCCCl.Nc1ccccc1.O=CO[O-].[H-].[H-].[K+].[K+].[Na+].c1ccc(N2CCNCC2)cc1. The number of carbonyl (C=O) groups is 5. The number of nitrogens with two attached hydrogens (primary N) is 1. The summed E-state index contributed by atoms with van der Waals surface area (Å²) in [6.07, 6.45) is 20.4. The Bertz CT molecular complexity index is 3950.